The summed E-state index contributed by atoms with van der Waals surface area (Å²) in [6, 6.07) is 1.85. The van der Waals surface area contributed by atoms with Gasteiger partial charge in [-0.1, -0.05) is 5.16 Å². The van der Waals surface area contributed by atoms with Crippen molar-refractivity contribution in [1.29, 1.82) is 0 Å². The minimum Gasteiger partial charge on any atom is -0.380 e. The normalized spacial score (nSPS) is 11.8. The molecule has 3 N–H and O–H groups in total. The molecule has 2 aromatic heterocycles. The smallest absolute Gasteiger partial charge is 0.247 e. The fourth-order valence-electron chi connectivity index (χ4n) is 1.46. The lowest BCUT2D eigenvalue weighted by molar-refractivity contribution is 0.396. The molecule has 0 spiro atoms. The van der Waals surface area contributed by atoms with Crippen molar-refractivity contribution < 1.29 is 12.9 Å². The van der Waals surface area contributed by atoms with E-state index in [2.05, 4.69) is 14.3 Å². The predicted octanol–water partition coefficient (Wildman–Crippen LogP) is 0.543. The van der Waals surface area contributed by atoms with Crippen molar-refractivity contribution in [2.24, 2.45) is 0 Å². The Morgan fingerprint density at radius 3 is 2.89 bits per heavy atom. The molecule has 98 valence electrons. The maximum atomic E-state index is 12.0. The van der Waals surface area contributed by atoms with Crippen LogP contribution in [-0.2, 0) is 16.4 Å². The van der Waals surface area contributed by atoms with Crippen LogP contribution in [0.25, 0.3) is 0 Å². The Labute approximate surface area is 108 Å². The monoisotopic (exact) mass is 288 g/mol. The summed E-state index contributed by atoms with van der Waals surface area (Å²) in [4.78, 5) is 0.916. The summed E-state index contributed by atoms with van der Waals surface area (Å²) < 4.78 is 35.0. The maximum Gasteiger partial charge on any atom is 0.247 e. The van der Waals surface area contributed by atoms with E-state index in [0.29, 0.717) is 6.42 Å². The molecule has 0 aliphatic rings. The first kappa shape index (κ1) is 13.0. The summed E-state index contributed by atoms with van der Waals surface area (Å²) >= 11 is 1.34. The molecule has 0 fully saturated rings. The highest BCUT2D eigenvalue weighted by molar-refractivity contribution is 7.89. The van der Waals surface area contributed by atoms with Crippen LogP contribution >= 0.6 is 11.5 Å². The number of sulfonamides is 1. The first-order chi connectivity index (χ1) is 8.50. The van der Waals surface area contributed by atoms with Crippen molar-refractivity contribution in [1.82, 2.24) is 14.3 Å². The van der Waals surface area contributed by atoms with Gasteiger partial charge in [-0.2, -0.15) is 0 Å². The zero-order valence-electron chi connectivity index (χ0n) is 9.58. The fraction of sp³-hybridized carbons (Fsp3) is 0.333. The molecule has 0 saturated carbocycles. The van der Waals surface area contributed by atoms with E-state index in [1.807, 2.05) is 6.07 Å². The van der Waals surface area contributed by atoms with Crippen molar-refractivity contribution >= 4 is 27.4 Å². The number of rotatable bonds is 5. The lowest BCUT2D eigenvalue weighted by atomic mass is 10.4. The van der Waals surface area contributed by atoms with E-state index < -0.39 is 10.0 Å². The maximum absolute atomic E-state index is 12.0. The van der Waals surface area contributed by atoms with Crippen LogP contribution in [0.1, 0.15) is 10.6 Å². The van der Waals surface area contributed by atoms with Crippen molar-refractivity contribution in [3.63, 3.8) is 0 Å². The van der Waals surface area contributed by atoms with Crippen LogP contribution in [0.4, 0.5) is 5.82 Å². The molecular formula is C9H12N4O3S2. The Morgan fingerprint density at radius 1 is 1.56 bits per heavy atom. The molecule has 0 amide bonds. The predicted molar refractivity (Wildman–Crippen MR) is 66.7 cm³/mol. The Kier molecular flexibility index (Phi) is 3.64. The van der Waals surface area contributed by atoms with Gasteiger partial charge in [0.25, 0.3) is 0 Å². The van der Waals surface area contributed by atoms with Gasteiger partial charge in [-0.15, -0.1) is 0 Å². The van der Waals surface area contributed by atoms with E-state index in [1.165, 1.54) is 18.5 Å². The largest absolute Gasteiger partial charge is 0.380 e. The molecule has 0 aromatic carbocycles. The van der Waals surface area contributed by atoms with Crippen molar-refractivity contribution in [2.45, 2.75) is 18.2 Å². The SMILES string of the molecule is Cc1onc(N)c1S(=O)(=O)NCCc1ccns1. The highest BCUT2D eigenvalue weighted by atomic mass is 32.2. The molecule has 0 atom stereocenters. The van der Waals surface area contributed by atoms with Gasteiger partial charge in [0.05, 0.1) is 0 Å². The molecular weight excluding hydrogens is 276 g/mol. The van der Waals surface area contributed by atoms with Gasteiger partial charge in [-0.05, 0) is 30.9 Å². The third-order valence-corrected chi connectivity index (χ3v) is 4.68. The van der Waals surface area contributed by atoms with E-state index >= 15 is 0 Å². The van der Waals surface area contributed by atoms with Crippen LogP contribution in [0, 0.1) is 6.92 Å². The second-order valence-corrected chi connectivity index (χ2v) is 6.20. The average molecular weight is 288 g/mol. The van der Waals surface area contributed by atoms with Gasteiger partial charge in [0.1, 0.15) is 0 Å². The van der Waals surface area contributed by atoms with Gasteiger partial charge in [-0.3, -0.25) is 0 Å². The van der Waals surface area contributed by atoms with E-state index in [4.69, 9.17) is 10.3 Å². The van der Waals surface area contributed by atoms with Gasteiger partial charge in [0, 0.05) is 17.6 Å². The van der Waals surface area contributed by atoms with E-state index in [9.17, 15) is 8.42 Å². The summed E-state index contributed by atoms with van der Waals surface area (Å²) in [5.74, 6) is 0.0515. The second kappa shape index (κ2) is 5.04. The third kappa shape index (κ3) is 2.68. The van der Waals surface area contributed by atoms with Crippen molar-refractivity contribution in [3.05, 3.63) is 22.9 Å². The number of nitrogens with one attached hydrogen (secondary N) is 1. The van der Waals surface area contributed by atoms with Crippen LogP contribution in [-0.4, -0.2) is 24.5 Å². The fourth-order valence-corrected chi connectivity index (χ4v) is 3.28. The molecule has 0 saturated heterocycles. The van der Waals surface area contributed by atoms with Crippen LogP contribution in [0.3, 0.4) is 0 Å². The van der Waals surface area contributed by atoms with Crippen LogP contribution < -0.4 is 10.5 Å². The first-order valence-corrected chi connectivity index (χ1v) is 7.37. The van der Waals surface area contributed by atoms with Gasteiger partial charge in [0.15, 0.2) is 16.5 Å². The summed E-state index contributed by atoms with van der Waals surface area (Å²) in [5.41, 5.74) is 5.46. The molecule has 0 bridgehead atoms. The summed E-state index contributed by atoms with van der Waals surface area (Å²) in [6.45, 7) is 1.77. The quantitative estimate of drug-likeness (QED) is 0.830. The minimum absolute atomic E-state index is 0.0909. The topological polar surface area (TPSA) is 111 Å². The third-order valence-electron chi connectivity index (χ3n) is 2.26. The van der Waals surface area contributed by atoms with E-state index in [-0.39, 0.29) is 23.0 Å². The summed E-state index contributed by atoms with van der Waals surface area (Å²) in [6.07, 6.45) is 2.25. The second-order valence-electron chi connectivity index (χ2n) is 3.58. The number of nitrogens with zero attached hydrogens (tertiary/aromatic N) is 2. The lowest BCUT2D eigenvalue weighted by Crippen LogP contribution is -2.26. The van der Waals surface area contributed by atoms with Gasteiger partial charge < -0.3 is 10.3 Å². The van der Waals surface area contributed by atoms with Gasteiger partial charge >= 0.3 is 0 Å². The molecule has 2 aromatic rings. The molecule has 0 unspecified atom stereocenters. The molecule has 2 heterocycles. The van der Waals surface area contributed by atoms with Crippen molar-refractivity contribution in [3.8, 4) is 0 Å². The Morgan fingerprint density at radius 2 is 2.33 bits per heavy atom. The number of hydrogen-bond donors (Lipinski definition) is 2. The molecule has 18 heavy (non-hydrogen) atoms. The average Bonchev–Trinajstić information content (AvgIpc) is 2.89. The summed E-state index contributed by atoms with van der Waals surface area (Å²) in [5, 5.41) is 3.42. The molecule has 9 heteroatoms. The van der Waals surface area contributed by atoms with Crippen LogP contribution in [0.15, 0.2) is 21.7 Å². The standard InChI is InChI=1S/C9H12N4O3S2/c1-6-8(9(10)13-16-6)18(14,15)12-5-3-7-2-4-11-17-7/h2,4,12H,3,5H2,1H3,(H2,10,13). The number of nitrogens with two attached hydrogens (primary N) is 1. The zero-order valence-corrected chi connectivity index (χ0v) is 11.2. The lowest BCUT2D eigenvalue weighted by Gasteiger charge is -2.04. The zero-order chi connectivity index (χ0) is 13.2. The number of anilines is 1. The Balaban J connectivity index is 2.04. The van der Waals surface area contributed by atoms with Crippen LogP contribution in [0.2, 0.25) is 0 Å². The number of nitrogen functional groups attached to an aromatic ring is 1. The Bertz CT molecular complexity index is 599. The molecule has 2 rings (SSSR count). The highest BCUT2D eigenvalue weighted by Gasteiger charge is 2.24. The van der Waals surface area contributed by atoms with Gasteiger partial charge in [0.2, 0.25) is 10.0 Å². The molecule has 7 nitrogen and oxygen atoms in total. The van der Waals surface area contributed by atoms with Crippen LogP contribution in [0.5, 0.6) is 0 Å². The molecule has 0 radical (unpaired) electrons. The van der Waals surface area contributed by atoms with Gasteiger partial charge in [-0.25, -0.2) is 17.5 Å². The van der Waals surface area contributed by atoms with Crippen molar-refractivity contribution in [2.75, 3.05) is 12.3 Å². The van der Waals surface area contributed by atoms with E-state index in [1.54, 1.807) is 6.20 Å². The highest BCUT2D eigenvalue weighted by Crippen LogP contribution is 2.20. The molecule has 0 aliphatic heterocycles. The summed E-state index contributed by atoms with van der Waals surface area (Å²) in [7, 11) is -3.68. The number of aromatic nitrogens is 2. The Hall–Kier alpha value is -1.45. The minimum atomic E-state index is -3.68. The first-order valence-electron chi connectivity index (χ1n) is 5.11. The molecule has 0 aliphatic carbocycles. The van der Waals surface area contributed by atoms with E-state index in [0.717, 1.165) is 4.88 Å². The number of hydrogen-bond acceptors (Lipinski definition) is 7. The number of aryl methyl sites for hydroxylation is 1.